The van der Waals surface area contributed by atoms with Crippen molar-refractivity contribution in [2.45, 2.75) is 13.1 Å². The smallest absolute Gasteiger partial charge is 0.269 e. The minimum absolute atomic E-state index is 0. The third-order valence-corrected chi connectivity index (χ3v) is 3.80. The number of benzene rings is 2. The lowest BCUT2D eigenvalue weighted by Gasteiger charge is -2.14. The van der Waals surface area contributed by atoms with Gasteiger partial charge in [0, 0.05) is 37.9 Å². The number of ether oxygens (including phenoxy) is 2. The van der Waals surface area contributed by atoms with Crippen LogP contribution in [0.25, 0.3) is 0 Å². The van der Waals surface area contributed by atoms with Gasteiger partial charge in [0.05, 0.1) is 25.2 Å². The number of para-hydroxylation sites is 1. The van der Waals surface area contributed by atoms with Crippen molar-refractivity contribution >= 4 is 35.6 Å². The van der Waals surface area contributed by atoms with Crippen LogP contribution < -0.4 is 15.4 Å². The quantitative estimate of drug-likeness (QED) is 0.137. The van der Waals surface area contributed by atoms with Crippen LogP contribution in [0.3, 0.4) is 0 Å². The molecule has 2 aromatic carbocycles. The Bertz CT molecular complexity index is 769. The maximum atomic E-state index is 10.7. The topological polar surface area (TPSA) is 98.0 Å². The van der Waals surface area contributed by atoms with E-state index in [-0.39, 0.29) is 29.7 Å². The van der Waals surface area contributed by atoms with E-state index in [2.05, 4.69) is 15.6 Å². The predicted molar refractivity (Wildman–Crippen MR) is 119 cm³/mol. The number of nitrogens with zero attached hydrogens (tertiary/aromatic N) is 2. The summed E-state index contributed by atoms with van der Waals surface area (Å²) in [6.07, 6.45) is 0. The summed E-state index contributed by atoms with van der Waals surface area (Å²) in [5.74, 6) is 1.42. The van der Waals surface area contributed by atoms with Gasteiger partial charge in [-0.05, 0) is 11.6 Å². The summed E-state index contributed by atoms with van der Waals surface area (Å²) in [5, 5.41) is 17.2. The number of rotatable bonds is 9. The first-order valence-electron chi connectivity index (χ1n) is 8.50. The minimum Gasteiger partial charge on any atom is -0.496 e. The minimum atomic E-state index is -0.417. The molecular weight excluding hydrogens is 475 g/mol. The number of guanidine groups is 1. The Balaban J connectivity index is 0.00000392. The molecular formula is C19H25IN4O4. The van der Waals surface area contributed by atoms with Gasteiger partial charge in [-0.3, -0.25) is 10.1 Å². The van der Waals surface area contributed by atoms with Crippen molar-refractivity contribution in [3.05, 3.63) is 69.8 Å². The van der Waals surface area contributed by atoms with Crippen LogP contribution in [0.4, 0.5) is 5.69 Å². The lowest BCUT2D eigenvalue weighted by atomic mass is 10.2. The number of aliphatic imine (C=N–C) groups is 1. The second-order valence-electron chi connectivity index (χ2n) is 5.67. The van der Waals surface area contributed by atoms with Gasteiger partial charge in [0.25, 0.3) is 5.69 Å². The molecule has 0 aromatic heterocycles. The van der Waals surface area contributed by atoms with Crippen LogP contribution in [0.2, 0.25) is 0 Å². The van der Waals surface area contributed by atoms with Gasteiger partial charge >= 0.3 is 0 Å². The highest BCUT2D eigenvalue weighted by atomic mass is 127. The van der Waals surface area contributed by atoms with Gasteiger partial charge in [-0.1, -0.05) is 30.3 Å². The Morgan fingerprint density at radius 3 is 2.46 bits per heavy atom. The first-order valence-corrected chi connectivity index (χ1v) is 8.50. The highest BCUT2D eigenvalue weighted by Crippen LogP contribution is 2.16. The first kappa shape index (κ1) is 23.6. The van der Waals surface area contributed by atoms with E-state index in [9.17, 15) is 10.1 Å². The summed E-state index contributed by atoms with van der Waals surface area (Å²) in [6.45, 7) is 2.09. The van der Waals surface area contributed by atoms with Gasteiger partial charge < -0.3 is 20.1 Å². The molecule has 2 N–H and O–H groups in total. The van der Waals surface area contributed by atoms with Crippen LogP contribution in [0.5, 0.6) is 5.75 Å². The van der Waals surface area contributed by atoms with E-state index in [1.165, 1.54) is 12.1 Å². The average Bonchev–Trinajstić information content (AvgIpc) is 2.70. The number of methoxy groups -OCH3 is 2. The molecule has 0 heterocycles. The normalized spacial score (nSPS) is 10.7. The Morgan fingerprint density at radius 2 is 1.82 bits per heavy atom. The molecule has 0 aliphatic carbocycles. The van der Waals surface area contributed by atoms with Gasteiger partial charge in [-0.2, -0.15) is 0 Å². The zero-order chi connectivity index (χ0) is 19.5. The van der Waals surface area contributed by atoms with Crippen LogP contribution >= 0.6 is 24.0 Å². The van der Waals surface area contributed by atoms with Crippen molar-refractivity contribution < 1.29 is 14.4 Å². The molecule has 0 bridgehead atoms. The summed E-state index contributed by atoms with van der Waals surface area (Å²) >= 11 is 0. The fraction of sp³-hybridized carbons (Fsp3) is 0.316. The zero-order valence-corrected chi connectivity index (χ0v) is 18.2. The summed E-state index contributed by atoms with van der Waals surface area (Å²) in [7, 11) is 3.27. The molecule has 0 saturated heterocycles. The lowest BCUT2D eigenvalue weighted by Crippen LogP contribution is -2.38. The van der Waals surface area contributed by atoms with Gasteiger partial charge in [-0.15, -0.1) is 24.0 Å². The van der Waals surface area contributed by atoms with Gasteiger partial charge in [0.15, 0.2) is 5.96 Å². The third-order valence-electron chi connectivity index (χ3n) is 3.80. The highest BCUT2D eigenvalue weighted by Gasteiger charge is 2.06. The Hall–Kier alpha value is -2.40. The number of halogens is 1. The standard InChI is InChI=1S/C19H24N4O4.HI/c1-26-12-11-20-19(22-14-16-5-3-4-6-18(16)27-2)21-13-15-7-9-17(10-8-15)23(24)25;/h3-10H,11-14H2,1-2H3,(H2,20,21,22);1H. The van der Waals surface area contributed by atoms with E-state index in [4.69, 9.17) is 9.47 Å². The van der Waals surface area contributed by atoms with Gasteiger partial charge in [0.1, 0.15) is 5.75 Å². The monoisotopic (exact) mass is 500 g/mol. The second-order valence-corrected chi connectivity index (χ2v) is 5.67. The van der Waals surface area contributed by atoms with Gasteiger partial charge in [-0.25, -0.2) is 4.99 Å². The number of hydrogen-bond acceptors (Lipinski definition) is 5. The second kappa shape index (κ2) is 12.9. The molecule has 0 radical (unpaired) electrons. The number of nitro groups is 1. The van der Waals surface area contributed by atoms with E-state index in [0.717, 1.165) is 16.9 Å². The van der Waals surface area contributed by atoms with Crippen LogP contribution in [0.1, 0.15) is 11.1 Å². The van der Waals surface area contributed by atoms with Crippen molar-refractivity contribution in [3.8, 4) is 5.75 Å². The first-order chi connectivity index (χ1) is 13.1. The summed E-state index contributed by atoms with van der Waals surface area (Å²) in [5.41, 5.74) is 1.96. The van der Waals surface area contributed by atoms with E-state index in [1.807, 2.05) is 24.3 Å². The number of nitrogens with one attached hydrogen (secondary N) is 2. The molecule has 152 valence electrons. The average molecular weight is 500 g/mol. The molecule has 0 fully saturated rings. The van der Waals surface area contributed by atoms with E-state index in [1.54, 1.807) is 26.4 Å². The molecule has 0 aliphatic rings. The SMILES string of the molecule is COCCNC(=NCc1ccc([N+](=O)[O-])cc1)NCc1ccccc1OC.I. The Labute approximate surface area is 181 Å². The largest absolute Gasteiger partial charge is 0.496 e. The molecule has 2 rings (SSSR count). The molecule has 8 nitrogen and oxygen atoms in total. The molecule has 0 spiro atoms. The van der Waals surface area contributed by atoms with Gasteiger partial charge in [0.2, 0.25) is 0 Å². The predicted octanol–water partition coefficient (Wildman–Crippen LogP) is 3.10. The van der Waals surface area contributed by atoms with Crippen molar-refractivity contribution in [1.82, 2.24) is 10.6 Å². The fourth-order valence-corrected chi connectivity index (χ4v) is 2.37. The Morgan fingerprint density at radius 1 is 1.11 bits per heavy atom. The number of non-ortho nitro benzene ring substituents is 1. The molecule has 0 aliphatic heterocycles. The molecule has 0 unspecified atom stereocenters. The number of nitro benzene ring substituents is 1. The van der Waals surface area contributed by atoms with E-state index in [0.29, 0.717) is 32.2 Å². The molecule has 2 aromatic rings. The lowest BCUT2D eigenvalue weighted by molar-refractivity contribution is -0.384. The Kier molecular flexibility index (Phi) is 10.9. The van der Waals surface area contributed by atoms with Crippen molar-refractivity contribution in [3.63, 3.8) is 0 Å². The molecule has 9 heteroatoms. The van der Waals surface area contributed by atoms with Crippen molar-refractivity contribution in [1.29, 1.82) is 0 Å². The number of hydrogen-bond donors (Lipinski definition) is 2. The van der Waals surface area contributed by atoms with Crippen molar-refractivity contribution in [2.24, 2.45) is 4.99 Å². The van der Waals surface area contributed by atoms with Crippen LogP contribution in [-0.2, 0) is 17.8 Å². The maximum absolute atomic E-state index is 10.7. The third kappa shape index (κ3) is 7.69. The summed E-state index contributed by atoms with van der Waals surface area (Å²) in [4.78, 5) is 14.9. The highest BCUT2D eigenvalue weighted by molar-refractivity contribution is 14.0. The molecule has 0 saturated carbocycles. The molecule has 0 atom stereocenters. The van der Waals surface area contributed by atoms with E-state index < -0.39 is 4.92 Å². The molecule has 28 heavy (non-hydrogen) atoms. The van der Waals surface area contributed by atoms with Crippen LogP contribution in [0, 0.1) is 10.1 Å². The zero-order valence-electron chi connectivity index (χ0n) is 15.9. The van der Waals surface area contributed by atoms with Crippen LogP contribution in [0.15, 0.2) is 53.5 Å². The van der Waals surface area contributed by atoms with E-state index >= 15 is 0 Å². The maximum Gasteiger partial charge on any atom is 0.269 e. The summed E-state index contributed by atoms with van der Waals surface area (Å²) < 4.78 is 10.4. The molecule has 0 amide bonds. The van der Waals surface area contributed by atoms with Crippen molar-refractivity contribution in [2.75, 3.05) is 27.4 Å². The fourth-order valence-electron chi connectivity index (χ4n) is 2.37. The van der Waals surface area contributed by atoms with Crippen LogP contribution in [-0.4, -0.2) is 38.3 Å². The summed E-state index contributed by atoms with van der Waals surface area (Å²) in [6, 6.07) is 14.1.